The molecule has 0 aromatic heterocycles. The molecule has 0 N–H and O–H groups in total. The van der Waals surface area contributed by atoms with Crippen molar-refractivity contribution in [3.05, 3.63) is 72.3 Å². The third-order valence-corrected chi connectivity index (χ3v) is 5.38. The average molecular weight is 345 g/mol. The van der Waals surface area contributed by atoms with E-state index >= 15 is 0 Å². The summed E-state index contributed by atoms with van der Waals surface area (Å²) in [4.78, 5) is 7.22. The molecule has 1 fully saturated rings. The van der Waals surface area contributed by atoms with Crippen LogP contribution in [0, 0.1) is 0 Å². The normalized spacial score (nSPS) is 15.4. The number of fused-ring (bicyclic) bond motifs is 1. The summed E-state index contributed by atoms with van der Waals surface area (Å²) in [7, 11) is 4.17. The Morgan fingerprint density at radius 2 is 1.46 bits per heavy atom. The van der Waals surface area contributed by atoms with Crippen LogP contribution in [0.3, 0.4) is 0 Å². The van der Waals surface area contributed by atoms with Gasteiger partial charge in [0.2, 0.25) is 0 Å². The summed E-state index contributed by atoms with van der Waals surface area (Å²) < 4.78 is 0. The highest BCUT2D eigenvalue weighted by atomic mass is 15.3. The van der Waals surface area contributed by atoms with E-state index in [9.17, 15) is 0 Å². The van der Waals surface area contributed by atoms with E-state index in [1.54, 1.807) is 0 Å². The summed E-state index contributed by atoms with van der Waals surface area (Å²) in [6, 6.07) is 24.3. The van der Waals surface area contributed by atoms with E-state index < -0.39 is 0 Å². The zero-order chi connectivity index (χ0) is 17.9. The second-order valence-electron chi connectivity index (χ2n) is 7.31. The van der Waals surface area contributed by atoms with Crippen LogP contribution >= 0.6 is 0 Å². The number of rotatable bonds is 4. The van der Waals surface area contributed by atoms with Gasteiger partial charge in [0.1, 0.15) is 0 Å². The molecule has 0 atom stereocenters. The molecule has 134 valence electrons. The Morgan fingerprint density at radius 1 is 0.769 bits per heavy atom. The van der Waals surface area contributed by atoms with Gasteiger partial charge in [0, 0.05) is 58.2 Å². The lowest BCUT2D eigenvalue weighted by atomic mass is 10.0. The highest BCUT2D eigenvalue weighted by Crippen LogP contribution is 2.23. The van der Waals surface area contributed by atoms with Crippen LogP contribution < -0.4 is 9.80 Å². The Morgan fingerprint density at radius 3 is 2.19 bits per heavy atom. The lowest BCUT2D eigenvalue weighted by Gasteiger charge is -2.36. The van der Waals surface area contributed by atoms with E-state index in [0.29, 0.717) is 0 Å². The molecule has 26 heavy (non-hydrogen) atoms. The minimum Gasteiger partial charge on any atom is -0.378 e. The first-order valence-electron chi connectivity index (χ1n) is 9.42. The van der Waals surface area contributed by atoms with Crippen molar-refractivity contribution in [2.75, 3.05) is 50.1 Å². The van der Waals surface area contributed by atoms with Crippen LogP contribution in [-0.2, 0) is 6.54 Å². The van der Waals surface area contributed by atoms with Crippen molar-refractivity contribution < 1.29 is 0 Å². The number of hydrogen-bond donors (Lipinski definition) is 0. The smallest absolute Gasteiger partial charge is 0.0368 e. The van der Waals surface area contributed by atoms with E-state index in [0.717, 1.165) is 32.7 Å². The molecule has 3 aromatic carbocycles. The van der Waals surface area contributed by atoms with Crippen LogP contribution in [0.15, 0.2) is 66.7 Å². The van der Waals surface area contributed by atoms with E-state index in [1.807, 2.05) is 0 Å². The number of piperazine rings is 1. The van der Waals surface area contributed by atoms with Crippen molar-refractivity contribution in [3.8, 4) is 0 Å². The highest BCUT2D eigenvalue weighted by molar-refractivity contribution is 5.85. The number of hydrogen-bond acceptors (Lipinski definition) is 3. The van der Waals surface area contributed by atoms with Crippen molar-refractivity contribution in [3.63, 3.8) is 0 Å². The van der Waals surface area contributed by atoms with Crippen LogP contribution in [0.1, 0.15) is 5.56 Å². The van der Waals surface area contributed by atoms with Gasteiger partial charge in [0.25, 0.3) is 0 Å². The predicted molar refractivity (Wildman–Crippen MR) is 112 cm³/mol. The van der Waals surface area contributed by atoms with Crippen LogP contribution in [0.4, 0.5) is 11.4 Å². The lowest BCUT2D eigenvalue weighted by Crippen LogP contribution is -2.46. The van der Waals surface area contributed by atoms with Gasteiger partial charge in [0.15, 0.2) is 0 Å². The van der Waals surface area contributed by atoms with Gasteiger partial charge in [-0.1, -0.05) is 42.5 Å². The number of nitrogens with zero attached hydrogens (tertiary/aromatic N) is 3. The molecule has 0 bridgehead atoms. The third kappa shape index (κ3) is 3.54. The fraction of sp³-hybridized carbons (Fsp3) is 0.304. The third-order valence-electron chi connectivity index (χ3n) is 5.38. The molecule has 1 aliphatic heterocycles. The summed E-state index contributed by atoms with van der Waals surface area (Å²) in [5.41, 5.74) is 4.02. The first kappa shape index (κ1) is 16.9. The van der Waals surface area contributed by atoms with Gasteiger partial charge < -0.3 is 9.80 Å². The van der Waals surface area contributed by atoms with E-state index in [2.05, 4.69) is 95.5 Å². The van der Waals surface area contributed by atoms with Crippen LogP contribution in [0.5, 0.6) is 0 Å². The van der Waals surface area contributed by atoms with E-state index in [4.69, 9.17) is 0 Å². The fourth-order valence-electron chi connectivity index (χ4n) is 3.80. The monoisotopic (exact) mass is 345 g/mol. The maximum absolute atomic E-state index is 2.58. The second kappa shape index (κ2) is 7.38. The maximum Gasteiger partial charge on any atom is 0.0368 e. The first-order valence-corrected chi connectivity index (χ1v) is 9.42. The van der Waals surface area contributed by atoms with Crippen LogP contribution in [0.2, 0.25) is 0 Å². The summed E-state index contributed by atoms with van der Waals surface area (Å²) in [6.07, 6.45) is 0. The Balaban J connectivity index is 1.40. The Hall–Kier alpha value is -2.52. The standard InChI is InChI=1S/C23H27N3/c1-24(2)21-10-12-22(13-11-21)26-16-14-25(15-17-26)18-20-8-5-7-19-6-3-4-9-23(19)20/h3-13H,14-18H2,1-2H3. The molecule has 0 spiro atoms. The van der Waals surface area contributed by atoms with Gasteiger partial charge in [-0.3, -0.25) is 4.90 Å². The summed E-state index contributed by atoms with van der Waals surface area (Å²) in [5, 5.41) is 2.72. The lowest BCUT2D eigenvalue weighted by molar-refractivity contribution is 0.250. The Bertz CT molecular complexity index is 857. The molecule has 0 saturated carbocycles. The fourth-order valence-corrected chi connectivity index (χ4v) is 3.80. The largest absolute Gasteiger partial charge is 0.378 e. The molecule has 0 amide bonds. The van der Waals surface area contributed by atoms with Crippen molar-refractivity contribution in [1.82, 2.24) is 4.90 Å². The van der Waals surface area contributed by atoms with E-state index in [-0.39, 0.29) is 0 Å². The molecular weight excluding hydrogens is 318 g/mol. The maximum atomic E-state index is 2.58. The highest BCUT2D eigenvalue weighted by Gasteiger charge is 2.18. The zero-order valence-corrected chi connectivity index (χ0v) is 15.7. The molecule has 1 saturated heterocycles. The predicted octanol–water partition coefficient (Wildman–Crippen LogP) is 4.23. The van der Waals surface area contributed by atoms with Gasteiger partial charge >= 0.3 is 0 Å². The Kier molecular flexibility index (Phi) is 4.81. The SMILES string of the molecule is CN(C)c1ccc(N2CCN(Cc3cccc4ccccc34)CC2)cc1. The minimum atomic E-state index is 1.04. The molecule has 1 aliphatic rings. The average Bonchev–Trinajstić information content (AvgIpc) is 2.69. The van der Waals surface area contributed by atoms with Gasteiger partial charge in [-0.05, 0) is 40.6 Å². The van der Waals surface area contributed by atoms with Gasteiger partial charge in [0.05, 0.1) is 0 Å². The quantitative estimate of drug-likeness (QED) is 0.701. The molecule has 3 aromatic rings. The molecular formula is C23H27N3. The van der Waals surface area contributed by atoms with Crippen molar-refractivity contribution in [1.29, 1.82) is 0 Å². The topological polar surface area (TPSA) is 9.72 Å². The summed E-state index contributed by atoms with van der Waals surface area (Å²) >= 11 is 0. The molecule has 0 aliphatic carbocycles. The molecule has 4 rings (SSSR count). The van der Waals surface area contributed by atoms with Crippen LogP contribution in [0.25, 0.3) is 10.8 Å². The van der Waals surface area contributed by atoms with Gasteiger partial charge in [-0.25, -0.2) is 0 Å². The second-order valence-corrected chi connectivity index (χ2v) is 7.31. The minimum absolute atomic E-state index is 1.04. The molecule has 3 heteroatoms. The Labute approximate surface area is 156 Å². The summed E-state index contributed by atoms with van der Waals surface area (Å²) in [5.74, 6) is 0. The molecule has 1 heterocycles. The first-order chi connectivity index (χ1) is 12.7. The van der Waals surface area contributed by atoms with E-state index in [1.165, 1.54) is 27.7 Å². The van der Waals surface area contributed by atoms with Crippen molar-refractivity contribution in [2.45, 2.75) is 6.54 Å². The van der Waals surface area contributed by atoms with Gasteiger partial charge in [-0.15, -0.1) is 0 Å². The zero-order valence-electron chi connectivity index (χ0n) is 15.7. The number of anilines is 2. The van der Waals surface area contributed by atoms with Crippen molar-refractivity contribution in [2.24, 2.45) is 0 Å². The van der Waals surface area contributed by atoms with Crippen molar-refractivity contribution >= 4 is 22.1 Å². The number of benzene rings is 3. The molecule has 0 radical (unpaired) electrons. The summed E-state index contributed by atoms with van der Waals surface area (Å²) in [6.45, 7) is 5.43. The van der Waals surface area contributed by atoms with Crippen LogP contribution in [-0.4, -0.2) is 45.2 Å². The molecule has 3 nitrogen and oxygen atoms in total. The molecule has 0 unspecified atom stereocenters. The van der Waals surface area contributed by atoms with Gasteiger partial charge in [-0.2, -0.15) is 0 Å².